The van der Waals surface area contributed by atoms with Gasteiger partial charge in [0.25, 0.3) is 0 Å². The molecular weight excluding hydrogens is 362 g/mol. The van der Waals surface area contributed by atoms with E-state index in [1.165, 1.54) is 4.31 Å². The van der Waals surface area contributed by atoms with Gasteiger partial charge in [-0.1, -0.05) is 43.7 Å². The molecule has 1 N–H and O–H groups in total. The molecule has 0 atom stereocenters. The lowest BCUT2D eigenvalue weighted by Gasteiger charge is -2.29. The lowest BCUT2D eigenvalue weighted by atomic mass is 10.1. The van der Waals surface area contributed by atoms with Crippen molar-refractivity contribution in [1.82, 2.24) is 14.5 Å². The summed E-state index contributed by atoms with van der Waals surface area (Å²) in [5, 5.41) is 3.16. The molecule has 1 fully saturated rings. The first-order chi connectivity index (χ1) is 12.8. The van der Waals surface area contributed by atoms with Gasteiger partial charge in [0.15, 0.2) is 0 Å². The van der Waals surface area contributed by atoms with Crippen molar-refractivity contribution in [1.29, 1.82) is 0 Å². The molecule has 1 aromatic carbocycles. The van der Waals surface area contributed by atoms with Crippen LogP contribution in [0.2, 0.25) is 0 Å². The van der Waals surface area contributed by atoms with Crippen molar-refractivity contribution in [3.05, 3.63) is 35.4 Å². The molecule has 1 amide bonds. The average Bonchev–Trinajstić information content (AvgIpc) is 2.64. The van der Waals surface area contributed by atoms with Crippen molar-refractivity contribution in [3.63, 3.8) is 0 Å². The fourth-order valence-corrected chi connectivity index (χ4v) is 4.49. The van der Waals surface area contributed by atoms with Crippen LogP contribution in [0.1, 0.15) is 31.4 Å². The molecule has 0 radical (unpaired) electrons. The average molecular weight is 396 g/mol. The summed E-state index contributed by atoms with van der Waals surface area (Å²) in [7, 11) is -3.33. The number of sulfonamides is 1. The molecule has 2 rings (SSSR count). The predicted octanol–water partition coefficient (Wildman–Crippen LogP) is 1.65. The molecule has 0 unspecified atom stereocenters. The maximum absolute atomic E-state index is 12.8. The third kappa shape index (κ3) is 7.24. The van der Waals surface area contributed by atoms with E-state index in [0.717, 1.165) is 17.5 Å². The molecule has 0 saturated carbocycles. The molecule has 1 heterocycles. The summed E-state index contributed by atoms with van der Waals surface area (Å²) in [5.41, 5.74) is 2.12. The van der Waals surface area contributed by atoms with Gasteiger partial charge >= 0.3 is 0 Å². The Bertz CT molecular complexity index is 696. The minimum absolute atomic E-state index is 0.00462. The van der Waals surface area contributed by atoms with Gasteiger partial charge in [0.2, 0.25) is 15.9 Å². The summed E-state index contributed by atoms with van der Waals surface area (Å²) < 4.78 is 26.7. The first-order valence-electron chi connectivity index (χ1n) is 9.80. The number of hydrogen-bond donors (Lipinski definition) is 1. The summed E-state index contributed by atoms with van der Waals surface area (Å²) in [5.74, 6) is 0.449. The highest BCUT2D eigenvalue weighted by atomic mass is 32.2. The number of rotatable bonds is 9. The minimum atomic E-state index is -3.33. The summed E-state index contributed by atoms with van der Waals surface area (Å²) in [6.45, 7) is 9.47. The number of nitrogens with zero attached hydrogens (tertiary/aromatic N) is 2. The monoisotopic (exact) mass is 395 g/mol. The van der Waals surface area contributed by atoms with Gasteiger partial charge in [-0.2, -0.15) is 4.31 Å². The van der Waals surface area contributed by atoms with Crippen LogP contribution in [0.15, 0.2) is 24.3 Å². The number of benzene rings is 1. The Kier molecular flexibility index (Phi) is 8.26. The summed E-state index contributed by atoms with van der Waals surface area (Å²) >= 11 is 0. The van der Waals surface area contributed by atoms with E-state index in [1.807, 2.05) is 31.2 Å². The molecule has 1 saturated heterocycles. The van der Waals surface area contributed by atoms with Crippen molar-refractivity contribution in [2.24, 2.45) is 5.92 Å². The maximum Gasteiger partial charge on any atom is 0.227 e. The zero-order chi connectivity index (χ0) is 19.9. The van der Waals surface area contributed by atoms with Crippen molar-refractivity contribution < 1.29 is 13.2 Å². The second-order valence-corrected chi connectivity index (χ2v) is 9.78. The Hall–Kier alpha value is -1.44. The van der Waals surface area contributed by atoms with Gasteiger partial charge in [-0.3, -0.25) is 4.79 Å². The lowest BCUT2D eigenvalue weighted by molar-refractivity contribution is -0.130. The first kappa shape index (κ1) is 21.9. The van der Waals surface area contributed by atoms with E-state index in [1.54, 1.807) is 4.90 Å². The fraction of sp³-hybridized carbons (Fsp3) is 0.650. The van der Waals surface area contributed by atoms with Crippen LogP contribution in [0.25, 0.3) is 0 Å². The number of hydrogen-bond acceptors (Lipinski definition) is 4. The van der Waals surface area contributed by atoms with Gasteiger partial charge in [-0.05, 0) is 24.8 Å². The molecule has 0 spiro atoms. The van der Waals surface area contributed by atoms with Gasteiger partial charge in [0, 0.05) is 39.3 Å². The second kappa shape index (κ2) is 10.2. The van der Waals surface area contributed by atoms with Crippen LogP contribution >= 0.6 is 0 Å². The smallest absolute Gasteiger partial charge is 0.227 e. The predicted molar refractivity (Wildman–Crippen MR) is 109 cm³/mol. The fourth-order valence-electron chi connectivity index (χ4n) is 3.04. The maximum atomic E-state index is 12.8. The summed E-state index contributed by atoms with van der Waals surface area (Å²) in [6.07, 6.45) is 1.18. The SMILES string of the molecule is Cc1ccc(CC(=O)N(CCC(C)C)CCS(=O)(=O)N2CCNCC2)cc1. The van der Waals surface area contributed by atoms with Gasteiger partial charge in [0.05, 0.1) is 12.2 Å². The van der Waals surface area contributed by atoms with Crippen LogP contribution in [0.5, 0.6) is 0 Å². The van der Waals surface area contributed by atoms with Crippen LogP contribution in [0, 0.1) is 12.8 Å². The third-order valence-corrected chi connectivity index (χ3v) is 6.74. The molecule has 0 aliphatic carbocycles. The highest BCUT2D eigenvalue weighted by Gasteiger charge is 2.25. The van der Waals surface area contributed by atoms with Gasteiger partial charge in [0.1, 0.15) is 0 Å². The van der Waals surface area contributed by atoms with Gasteiger partial charge < -0.3 is 10.2 Å². The molecule has 7 heteroatoms. The van der Waals surface area contributed by atoms with Crippen LogP contribution in [0.4, 0.5) is 0 Å². The molecule has 1 aliphatic heterocycles. The summed E-state index contributed by atoms with van der Waals surface area (Å²) in [4.78, 5) is 14.5. The molecule has 1 aromatic rings. The van der Waals surface area contributed by atoms with E-state index < -0.39 is 10.0 Å². The van der Waals surface area contributed by atoms with Crippen molar-refractivity contribution in [2.45, 2.75) is 33.6 Å². The largest absolute Gasteiger partial charge is 0.341 e. The molecule has 1 aliphatic rings. The Morgan fingerprint density at radius 1 is 1.15 bits per heavy atom. The summed E-state index contributed by atoms with van der Waals surface area (Å²) in [6, 6.07) is 7.92. The van der Waals surface area contributed by atoms with E-state index in [9.17, 15) is 13.2 Å². The van der Waals surface area contributed by atoms with E-state index in [2.05, 4.69) is 19.2 Å². The Morgan fingerprint density at radius 3 is 2.37 bits per heavy atom. The van der Waals surface area contributed by atoms with Gasteiger partial charge in [-0.25, -0.2) is 8.42 Å². The molecular formula is C20H33N3O3S. The minimum Gasteiger partial charge on any atom is -0.341 e. The van der Waals surface area contributed by atoms with Crippen LogP contribution in [0.3, 0.4) is 0 Å². The zero-order valence-corrected chi connectivity index (χ0v) is 17.6. The van der Waals surface area contributed by atoms with E-state index in [4.69, 9.17) is 0 Å². The van der Waals surface area contributed by atoms with Crippen LogP contribution in [-0.2, 0) is 21.2 Å². The standard InChI is InChI=1S/C20H33N3O3S/c1-17(2)8-11-22(20(24)16-19-6-4-18(3)5-7-19)14-15-27(25,26)23-12-9-21-10-13-23/h4-7,17,21H,8-16H2,1-3H3. The molecule has 0 aromatic heterocycles. The van der Waals surface area contributed by atoms with E-state index in [-0.39, 0.29) is 18.2 Å². The van der Waals surface area contributed by atoms with Crippen molar-refractivity contribution >= 4 is 15.9 Å². The van der Waals surface area contributed by atoms with E-state index >= 15 is 0 Å². The Balaban J connectivity index is 1.99. The second-order valence-electron chi connectivity index (χ2n) is 7.69. The van der Waals surface area contributed by atoms with Crippen LogP contribution < -0.4 is 5.32 Å². The third-order valence-electron chi connectivity index (χ3n) is 4.89. The topological polar surface area (TPSA) is 69.7 Å². The van der Waals surface area contributed by atoms with Crippen LogP contribution in [-0.4, -0.2) is 68.6 Å². The highest BCUT2D eigenvalue weighted by Crippen LogP contribution is 2.10. The highest BCUT2D eigenvalue weighted by molar-refractivity contribution is 7.89. The van der Waals surface area contributed by atoms with E-state index in [0.29, 0.717) is 45.1 Å². The number of carbonyl (C=O) groups is 1. The quantitative estimate of drug-likeness (QED) is 0.690. The molecule has 152 valence electrons. The number of amides is 1. The molecule has 6 nitrogen and oxygen atoms in total. The zero-order valence-electron chi connectivity index (χ0n) is 16.8. The lowest BCUT2D eigenvalue weighted by Crippen LogP contribution is -2.48. The Labute approximate surface area is 164 Å². The molecule has 0 bridgehead atoms. The van der Waals surface area contributed by atoms with Crippen molar-refractivity contribution in [2.75, 3.05) is 45.0 Å². The van der Waals surface area contributed by atoms with Crippen molar-refractivity contribution in [3.8, 4) is 0 Å². The van der Waals surface area contributed by atoms with Gasteiger partial charge in [-0.15, -0.1) is 0 Å². The Morgan fingerprint density at radius 2 is 1.78 bits per heavy atom. The number of nitrogens with one attached hydrogen (secondary N) is 1. The number of carbonyl (C=O) groups excluding carboxylic acids is 1. The number of aryl methyl sites for hydroxylation is 1. The molecule has 27 heavy (non-hydrogen) atoms. The normalized spacial score (nSPS) is 15.9. The number of piperazine rings is 1. The first-order valence-corrected chi connectivity index (χ1v) is 11.4.